The number of anilines is 2. The minimum absolute atomic E-state index is 0.300. The van der Waals surface area contributed by atoms with E-state index in [-0.39, 0.29) is 5.91 Å². The average molecular weight is 449 g/mol. The van der Waals surface area contributed by atoms with E-state index >= 15 is 0 Å². The van der Waals surface area contributed by atoms with Crippen LogP contribution in [-0.2, 0) is 4.74 Å². The summed E-state index contributed by atoms with van der Waals surface area (Å²) in [5, 5.41) is 4.38. The number of rotatable bonds is 4. The van der Waals surface area contributed by atoms with E-state index in [4.69, 9.17) is 19.9 Å². The van der Waals surface area contributed by atoms with Gasteiger partial charge >= 0.3 is 5.97 Å². The van der Waals surface area contributed by atoms with Crippen molar-refractivity contribution >= 4 is 55.7 Å². The molecule has 0 saturated carbocycles. The molecule has 0 radical (unpaired) electrons. The number of esters is 1. The highest BCUT2D eigenvalue weighted by Crippen LogP contribution is 2.39. The molecule has 0 atom stereocenters. The van der Waals surface area contributed by atoms with Crippen LogP contribution in [0, 0.1) is 0 Å². The molecule has 2 aromatic carbocycles. The first-order chi connectivity index (χ1) is 15.5. The maximum atomic E-state index is 12.9. The first-order valence-electron chi connectivity index (χ1n) is 10.0. The Balaban J connectivity index is 1.44. The molecule has 1 aliphatic heterocycles. The lowest BCUT2D eigenvalue weighted by Gasteiger charge is -2.18. The van der Waals surface area contributed by atoms with Gasteiger partial charge in [-0.15, -0.1) is 11.3 Å². The zero-order valence-corrected chi connectivity index (χ0v) is 18.0. The summed E-state index contributed by atoms with van der Waals surface area (Å²) in [7, 11) is 0. The molecule has 0 aliphatic carbocycles. The maximum absolute atomic E-state index is 12.9. The van der Waals surface area contributed by atoms with E-state index in [1.807, 2.05) is 18.2 Å². The summed E-state index contributed by atoms with van der Waals surface area (Å²) >= 11 is 1.22. The number of hydrogen-bond acceptors (Lipinski definition) is 8. The quantitative estimate of drug-likeness (QED) is 0.448. The van der Waals surface area contributed by atoms with Crippen molar-refractivity contribution in [2.45, 2.75) is 6.92 Å². The molecule has 32 heavy (non-hydrogen) atoms. The molecular weight excluding hydrogens is 430 g/mol. The van der Waals surface area contributed by atoms with Crippen molar-refractivity contribution in [1.29, 1.82) is 0 Å². The Morgan fingerprint density at radius 2 is 1.84 bits per heavy atom. The summed E-state index contributed by atoms with van der Waals surface area (Å²) in [5.41, 5.74) is 8.38. The second-order valence-electron chi connectivity index (χ2n) is 7.13. The van der Waals surface area contributed by atoms with Crippen molar-refractivity contribution in [2.75, 3.05) is 30.9 Å². The van der Waals surface area contributed by atoms with Crippen molar-refractivity contribution in [2.24, 2.45) is 0 Å². The van der Waals surface area contributed by atoms with Gasteiger partial charge in [-0.05, 0) is 43.3 Å². The third-order valence-corrected chi connectivity index (χ3v) is 6.15. The molecule has 5 rings (SSSR count). The highest BCUT2D eigenvalue weighted by atomic mass is 32.1. The number of nitrogens with zero attached hydrogens (tertiary/aromatic N) is 1. The van der Waals surface area contributed by atoms with Gasteiger partial charge in [-0.2, -0.15) is 0 Å². The largest absolute Gasteiger partial charge is 0.486 e. The first kappa shape index (κ1) is 20.1. The van der Waals surface area contributed by atoms with Gasteiger partial charge in [0, 0.05) is 22.5 Å². The van der Waals surface area contributed by atoms with Crippen LogP contribution in [0.1, 0.15) is 27.0 Å². The van der Waals surface area contributed by atoms with Crippen LogP contribution in [0.15, 0.2) is 42.5 Å². The third-order valence-electron chi connectivity index (χ3n) is 5.04. The number of fused-ring (bicyclic) bond motifs is 3. The number of ether oxygens (including phenoxy) is 3. The van der Waals surface area contributed by atoms with Crippen molar-refractivity contribution in [3.63, 3.8) is 0 Å². The predicted molar refractivity (Wildman–Crippen MR) is 123 cm³/mol. The zero-order chi connectivity index (χ0) is 22.2. The number of hydrogen-bond donors (Lipinski definition) is 2. The molecule has 0 fully saturated rings. The molecule has 2 aromatic heterocycles. The highest BCUT2D eigenvalue weighted by Gasteiger charge is 2.20. The number of thiophene rings is 1. The Labute approximate surface area is 186 Å². The van der Waals surface area contributed by atoms with Crippen LogP contribution in [-0.4, -0.2) is 36.7 Å². The number of pyridine rings is 1. The fourth-order valence-corrected chi connectivity index (χ4v) is 4.48. The molecule has 0 bridgehead atoms. The molecular formula is C23H19N3O5S. The zero-order valence-electron chi connectivity index (χ0n) is 17.1. The minimum atomic E-state index is -0.408. The SMILES string of the molecule is CCOC(=O)c1ccc(NC(=O)c2sc3nc4cc5c(cc4cc3c2N)OCCO5)cc1. The van der Waals surface area contributed by atoms with Gasteiger partial charge in [0.2, 0.25) is 0 Å². The summed E-state index contributed by atoms with van der Waals surface area (Å²) in [6.45, 7) is 3.04. The Morgan fingerprint density at radius 1 is 1.12 bits per heavy atom. The summed E-state index contributed by atoms with van der Waals surface area (Å²) < 4.78 is 16.2. The number of benzene rings is 2. The van der Waals surface area contributed by atoms with Gasteiger partial charge in [0.1, 0.15) is 22.9 Å². The van der Waals surface area contributed by atoms with E-state index in [2.05, 4.69) is 10.3 Å². The third kappa shape index (κ3) is 3.56. The lowest BCUT2D eigenvalue weighted by molar-refractivity contribution is 0.0526. The van der Waals surface area contributed by atoms with Crippen LogP contribution in [0.25, 0.3) is 21.1 Å². The summed E-state index contributed by atoms with van der Waals surface area (Å²) in [6.07, 6.45) is 0. The maximum Gasteiger partial charge on any atom is 0.338 e. The Bertz CT molecular complexity index is 1360. The standard InChI is InChI=1S/C23H19N3O5S/c1-2-29-23(28)12-3-5-14(6-4-12)25-21(27)20-19(24)15-9-13-10-17-18(31-8-7-30-17)11-16(13)26-22(15)32-20/h3-6,9-11H,2,7-8,24H2,1H3,(H,25,27). The van der Waals surface area contributed by atoms with Crippen LogP contribution >= 0.6 is 11.3 Å². The summed E-state index contributed by atoms with van der Waals surface area (Å²) in [5.74, 6) is 0.575. The number of aromatic nitrogens is 1. The number of carbonyl (C=O) groups is 2. The van der Waals surface area contributed by atoms with Crippen LogP contribution < -0.4 is 20.5 Å². The molecule has 0 saturated heterocycles. The monoisotopic (exact) mass is 449 g/mol. The van der Waals surface area contributed by atoms with Gasteiger partial charge in [0.05, 0.1) is 23.4 Å². The molecule has 9 heteroatoms. The van der Waals surface area contributed by atoms with Gasteiger partial charge < -0.3 is 25.3 Å². The van der Waals surface area contributed by atoms with Crippen molar-refractivity contribution in [3.05, 3.63) is 52.9 Å². The van der Waals surface area contributed by atoms with Gasteiger partial charge in [0.25, 0.3) is 5.91 Å². The second kappa shape index (κ2) is 8.01. The fourth-order valence-electron chi connectivity index (χ4n) is 3.50. The number of nitrogens with two attached hydrogens (primary N) is 1. The van der Waals surface area contributed by atoms with E-state index in [0.29, 0.717) is 63.4 Å². The molecule has 0 spiro atoms. The van der Waals surface area contributed by atoms with Crippen LogP contribution in [0.4, 0.5) is 11.4 Å². The normalized spacial score (nSPS) is 12.7. The lowest BCUT2D eigenvalue weighted by Crippen LogP contribution is -2.15. The first-order valence-corrected chi connectivity index (χ1v) is 10.9. The van der Waals surface area contributed by atoms with Crippen LogP contribution in [0.2, 0.25) is 0 Å². The molecule has 1 aliphatic rings. The molecule has 1 amide bonds. The van der Waals surface area contributed by atoms with E-state index in [0.717, 1.165) is 10.9 Å². The van der Waals surface area contributed by atoms with E-state index in [1.54, 1.807) is 31.2 Å². The van der Waals surface area contributed by atoms with Crippen molar-refractivity contribution < 1.29 is 23.8 Å². The predicted octanol–water partition coefficient (Wildman–Crippen LogP) is 4.23. The highest BCUT2D eigenvalue weighted by molar-refractivity contribution is 7.21. The molecule has 8 nitrogen and oxygen atoms in total. The molecule has 4 aromatic rings. The van der Waals surface area contributed by atoms with E-state index in [9.17, 15) is 9.59 Å². The van der Waals surface area contributed by atoms with Crippen LogP contribution in [0.3, 0.4) is 0 Å². The fraction of sp³-hybridized carbons (Fsp3) is 0.174. The second-order valence-corrected chi connectivity index (χ2v) is 8.13. The Hall–Kier alpha value is -3.85. The number of carbonyl (C=O) groups excluding carboxylic acids is 2. The minimum Gasteiger partial charge on any atom is -0.486 e. The smallest absolute Gasteiger partial charge is 0.338 e. The van der Waals surface area contributed by atoms with E-state index in [1.165, 1.54) is 11.3 Å². The van der Waals surface area contributed by atoms with E-state index < -0.39 is 5.97 Å². The number of nitrogen functional groups attached to an aromatic ring is 1. The average Bonchev–Trinajstić information content (AvgIpc) is 3.12. The van der Waals surface area contributed by atoms with Gasteiger partial charge in [-0.3, -0.25) is 4.79 Å². The van der Waals surface area contributed by atoms with Crippen LogP contribution in [0.5, 0.6) is 11.5 Å². The molecule has 3 heterocycles. The molecule has 162 valence electrons. The summed E-state index contributed by atoms with van der Waals surface area (Å²) in [4.78, 5) is 30.4. The topological polar surface area (TPSA) is 113 Å². The Morgan fingerprint density at radius 3 is 2.56 bits per heavy atom. The number of nitrogens with one attached hydrogen (secondary N) is 1. The Kier molecular flexibility index (Phi) is 5.02. The lowest BCUT2D eigenvalue weighted by atomic mass is 10.1. The van der Waals surface area contributed by atoms with Gasteiger partial charge in [-0.25, -0.2) is 9.78 Å². The van der Waals surface area contributed by atoms with Crippen molar-refractivity contribution in [1.82, 2.24) is 4.98 Å². The summed E-state index contributed by atoms with van der Waals surface area (Å²) in [6, 6.07) is 12.1. The van der Waals surface area contributed by atoms with Gasteiger partial charge in [0.15, 0.2) is 11.5 Å². The molecule has 3 N–H and O–H groups in total. The van der Waals surface area contributed by atoms with Gasteiger partial charge in [-0.1, -0.05) is 0 Å². The number of amides is 1. The van der Waals surface area contributed by atoms with Crippen molar-refractivity contribution in [3.8, 4) is 11.5 Å². The molecule has 0 unspecified atom stereocenters.